The summed E-state index contributed by atoms with van der Waals surface area (Å²) in [5.74, 6) is -1.45. The second kappa shape index (κ2) is 7.20. The maximum absolute atomic E-state index is 13.9. The van der Waals surface area contributed by atoms with Gasteiger partial charge in [0.15, 0.2) is 0 Å². The highest BCUT2D eigenvalue weighted by atomic mass is 19.1. The number of hydrogen-bond acceptors (Lipinski definition) is 3. The Kier molecular flexibility index (Phi) is 5.53. The Bertz CT molecular complexity index is 507. The van der Waals surface area contributed by atoms with Crippen molar-refractivity contribution >= 4 is 5.97 Å². The average Bonchev–Trinajstić information content (AvgIpc) is 2.46. The number of aliphatic hydroxyl groups excluding tert-OH is 1. The highest BCUT2D eigenvalue weighted by Crippen LogP contribution is 2.23. The molecule has 4 nitrogen and oxygen atoms in total. The van der Waals surface area contributed by atoms with Crippen molar-refractivity contribution in [3.05, 3.63) is 35.4 Å². The van der Waals surface area contributed by atoms with E-state index in [2.05, 4.69) is 0 Å². The van der Waals surface area contributed by atoms with Gasteiger partial charge < -0.3 is 14.9 Å². The van der Waals surface area contributed by atoms with Gasteiger partial charge in [0.05, 0.1) is 18.8 Å². The normalized spacial score (nSPS) is 24.7. The number of ether oxygens (including phenoxy) is 1. The maximum Gasteiger partial charge on any atom is 0.341 e. The fraction of sp³-hybridized carbons (Fsp3) is 0.588. The molecule has 1 aliphatic carbocycles. The summed E-state index contributed by atoms with van der Waals surface area (Å²) >= 11 is 0. The summed E-state index contributed by atoms with van der Waals surface area (Å²) < 4.78 is 19.7. The van der Waals surface area contributed by atoms with Crippen LogP contribution in [0.3, 0.4) is 0 Å². The molecule has 22 heavy (non-hydrogen) atoms. The van der Waals surface area contributed by atoms with E-state index in [4.69, 9.17) is 9.84 Å². The molecule has 0 aromatic heterocycles. The zero-order valence-corrected chi connectivity index (χ0v) is 12.8. The second-order valence-electron chi connectivity index (χ2n) is 6.24. The van der Waals surface area contributed by atoms with E-state index in [1.165, 1.54) is 0 Å². The van der Waals surface area contributed by atoms with Crippen molar-refractivity contribution in [2.45, 2.75) is 63.5 Å². The first-order valence-electron chi connectivity index (χ1n) is 7.66. The molecule has 122 valence electrons. The van der Waals surface area contributed by atoms with Gasteiger partial charge in [-0.1, -0.05) is 24.3 Å². The highest BCUT2D eigenvalue weighted by Gasteiger charge is 2.32. The van der Waals surface area contributed by atoms with E-state index in [-0.39, 0.29) is 18.6 Å². The van der Waals surface area contributed by atoms with Crippen LogP contribution in [0.1, 0.15) is 43.7 Å². The summed E-state index contributed by atoms with van der Waals surface area (Å²) in [6, 6.07) is 7.19. The number of carboxylic acids is 1. The summed E-state index contributed by atoms with van der Waals surface area (Å²) in [4.78, 5) is 10.8. The van der Waals surface area contributed by atoms with Gasteiger partial charge in [-0.15, -0.1) is 0 Å². The smallest absolute Gasteiger partial charge is 0.341 e. The van der Waals surface area contributed by atoms with Gasteiger partial charge in [0.1, 0.15) is 0 Å². The van der Waals surface area contributed by atoms with Crippen LogP contribution in [0, 0.1) is 0 Å². The minimum Gasteiger partial charge on any atom is -0.479 e. The molecule has 1 fully saturated rings. The zero-order valence-electron chi connectivity index (χ0n) is 12.8. The van der Waals surface area contributed by atoms with Crippen LogP contribution in [-0.4, -0.2) is 34.1 Å². The van der Waals surface area contributed by atoms with E-state index < -0.39 is 11.6 Å². The van der Waals surface area contributed by atoms with E-state index in [9.17, 15) is 14.3 Å². The molecule has 0 amide bonds. The molecule has 0 radical (unpaired) electrons. The molecule has 1 saturated carbocycles. The van der Waals surface area contributed by atoms with Crippen LogP contribution in [0.5, 0.6) is 0 Å². The number of aliphatic hydroxyl groups is 1. The lowest BCUT2D eigenvalue weighted by molar-refractivity contribution is -0.149. The van der Waals surface area contributed by atoms with Crippen molar-refractivity contribution in [3.8, 4) is 0 Å². The summed E-state index contributed by atoms with van der Waals surface area (Å²) in [6.07, 6.45) is 3.02. The molecule has 0 heterocycles. The van der Waals surface area contributed by atoms with Crippen LogP contribution in [0.15, 0.2) is 24.3 Å². The third-order valence-corrected chi connectivity index (χ3v) is 4.10. The molecular formula is C17H23FO4. The molecule has 2 rings (SSSR count). The molecule has 1 aliphatic rings. The first-order valence-corrected chi connectivity index (χ1v) is 7.66. The summed E-state index contributed by atoms with van der Waals surface area (Å²) in [7, 11) is 0. The molecular weight excluding hydrogens is 287 g/mol. The van der Waals surface area contributed by atoms with Crippen LogP contribution in [0.25, 0.3) is 0 Å². The van der Waals surface area contributed by atoms with Gasteiger partial charge >= 0.3 is 5.97 Å². The molecule has 2 N–H and O–H groups in total. The first kappa shape index (κ1) is 16.9. The molecule has 1 atom stereocenters. The summed E-state index contributed by atoms with van der Waals surface area (Å²) in [5, 5.41) is 18.3. The Morgan fingerprint density at radius 1 is 1.32 bits per heavy atom. The Labute approximate surface area is 129 Å². The van der Waals surface area contributed by atoms with E-state index in [0.717, 1.165) is 38.2 Å². The Morgan fingerprint density at radius 3 is 2.59 bits per heavy atom. The number of benzene rings is 1. The monoisotopic (exact) mass is 310 g/mol. The van der Waals surface area contributed by atoms with Crippen molar-refractivity contribution in [2.24, 2.45) is 0 Å². The predicted molar refractivity (Wildman–Crippen MR) is 80.3 cm³/mol. The number of carbonyl (C=O) groups is 1. The van der Waals surface area contributed by atoms with E-state index >= 15 is 0 Å². The molecule has 1 aromatic rings. The molecule has 0 spiro atoms. The van der Waals surface area contributed by atoms with Gasteiger partial charge in [-0.2, -0.15) is 0 Å². The van der Waals surface area contributed by atoms with E-state index in [0.29, 0.717) is 12.2 Å². The van der Waals surface area contributed by atoms with Crippen LogP contribution in [0.4, 0.5) is 4.39 Å². The predicted octanol–water partition coefficient (Wildman–Crippen LogP) is 2.86. The lowest BCUT2D eigenvalue weighted by Gasteiger charge is -2.25. The topological polar surface area (TPSA) is 66.8 Å². The van der Waals surface area contributed by atoms with Gasteiger partial charge in [-0.3, -0.25) is 0 Å². The fourth-order valence-corrected chi connectivity index (χ4v) is 2.71. The standard InChI is InChI=1S/C17H23FO4/c1-17(18,16(20)21)10-12-3-2-4-13(9-12)11-22-15-7-5-14(19)6-8-15/h2-4,9,14-15,19H,5-8,10-11H2,1H3,(H,20,21). The number of hydrogen-bond donors (Lipinski definition) is 2. The third-order valence-electron chi connectivity index (χ3n) is 4.10. The first-order chi connectivity index (χ1) is 10.4. The minimum absolute atomic E-state index is 0.150. The number of aliphatic carboxylic acids is 1. The molecule has 0 bridgehead atoms. The van der Waals surface area contributed by atoms with E-state index in [1.807, 2.05) is 6.07 Å². The fourth-order valence-electron chi connectivity index (χ4n) is 2.71. The molecule has 5 heteroatoms. The van der Waals surface area contributed by atoms with E-state index in [1.54, 1.807) is 18.2 Å². The molecule has 1 aromatic carbocycles. The quantitative estimate of drug-likeness (QED) is 0.848. The van der Waals surface area contributed by atoms with Gasteiger partial charge in [0, 0.05) is 6.42 Å². The van der Waals surface area contributed by atoms with Gasteiger partial charge in [0.2, 0.25) is 5.67 Å². The number of alkyl halides is 1. The van der Waals surface area contributed by atoms with Crippen molar-refractivity contribution in [3.63, 3.8) is 0 Å². The third kappa shape index (κ3) is 4.78. The molecule has 0 saturated heterocycles. The minimum atomic E-state index is -2.26. The summed E-state index contributed by atoms with van der Waals surface area (Å²) in [6.45, 7) is 1.50. The number of halogens is 1. The number of carboxylic acid groups (broad SMARTS) is 1. The van der Waals surface area contributed by atoms with Crippen LogP contribution >= 0.6 is 0 Å². The lowest BCUT2D eigenvalue weighted by atomic mass is 9.95. The lowest BCUT2D eigenvalue weighted by Crippen LogP contribution is -2.32. The Hall–Kier alpha value is -1.46. The maximum atomic E-state index is 13.9. The van der Waals surface area contributed by atoms with Crippen molar-refractivity contribution < 1.29 is 24.1 Å². The van der Waals surface area contributed by atoms with Crippen LogP contribution < -0.4 is 0 Å². The largest absolute Gasteiger partial charge is 0.479 e. The molecule has 0 aliphatic heterocycles. The second-order valence-corrected chi connectivity index (χ2v) is 6.24. The zero-order chi connectivity index (χ0) is 16.2. The van der Waals surface area contributed by atoms with Crippen molar-refractivity contribution in [2.75, 3.05) is 0 Å². The van der Waals surface area contributed by atoms with Crippen LogP contribution in [0.2, 0.25) is 0 Å². The number of rotatable bonds is 6. The van der Waals surface area contributed by atoms with Gasteiger partial charge in [0.25, 0.3) is 0 Å². The Balaban J connectivity index is 1.90. The highest BCUT2D eigenvalue weighted by molar-refractivity contribution is 5.77. The average molecular weight is 310 g/mol. The molecule has 1 unspecified atom stereocenters. The Morgan fingerprint density at radius 2 is 1.95 bits per heavy atom. The van der Waals surface area contributed by atoms with Gasteiger partial charge in [-0.25, -0.2) is 9.18 Å². The van der Waals surface area contributed by atoms with Crippen molar-refractivity contribution in [1.82, 2.24) is 0 Å². The summed E-state index contributed by atoms with van der Waals surface area (Å²) in [5.41, 5.74) is -0.712. The SMILES string of the molecule is CC(F)(Cc1cccc(COC2CCC(O)CC2)c1)C(=O)O. The van der Waals surface area contributed by atoms with Crippen LogP contribution in [-0.2, 0) is 22.6 Å². The van der Waals surface area contributed by atoms with Crippen molar-refractivity contribution in [1.29, 1.82) is 0 Å². The van der Waals surface area contributed by atoms with Gasteiger partial charge in [-0.05, 0) is 43.7 Å².